The van der Waals surface area contributed by atoms with E-state index in [1.54, 1.807) is 25.4 Å². The van der Waals surface area contributed by atoms with Crippen molar-refractivity contribution in [2.45, 2.75) is 19.9 Å². The van der Waals surface area contributed by atoms with Crippen LogP contribution in [0.15, 0.2) is 42.6 Å². The number of rotatable bonds is 6. The fourth-order valence-corrected chi connectivity index (χ4v) is 2.19. The Morgan fingerprint density at radius 2 is 2.05 bits per heavy atom. The number of nitrogens with zero attached hydrogens (tertiary/aromatic N) is 1. The van der Waals surface area contributed by atoms with Gasteiger partial charge in [0, 0.05) is 11.8 Å². The van der Waals surface area contributed by atoms with E-state index >= 15 is 0 Å². The summed E-state index contributed by atoms with van der Waals surface area (Å²) in [6.45, 7) is 4.22. The zero-order valence-corrected chi connectivity index (χ0v) is 13.0. The van der Waals surface area contributed by atoms with Crippen LogP contribution in [0.4, 0.5) is 0 Å². The number of para-hydroxylation sites is 1. The molecule has 1 aromatic carbocycles. The van der Waals surface area contributed by atoms with Crippen molar-refractivity contribution in [2.75, 3.05) is 13.7 Å². The zero-order valence-electron chi connectivity index (χ0n) is 13.0. The van der Waals surface area contributed by atoms with E-state index in [1.165, 1.54) is 0 Å². The molecule has 1 amide bonds. The fourth-order valence-electron chi connectivity index (χ4n) is 2.19. The quantitative estimate of drug-likeness (QED) is 0.891. The minimum Gasteiger partial charge on any atom is -0.496 e. The molecule has 2 aromatic rings. The van der Waals surface area contributed by atoms with Gasteiger partial charge in [0.25, 0.3) is 5.91 Å². The van der Waals surface area contributed by atoms with E-state index in [-0.39, 0.29) is 11.9 Å². The van der Waals surface area contributed by atoms with Crippen molar-refractivity contribution in [3.05, 3.63) is 53.7 Å². The zero-order chi connectivity index (χ0) is 15.9. The largest absolute Gasteiger partial charge is 0.496 e. The van der Waals surface area contributed by atoms with Gasteiger partial charge >= 0.3 is 0 Å². The van der Waals surface area contributed by atoms with Gasteiger partial charge in [0.2, 0.25) is 5.88 Å². The number of pyridine rings is 1. The predicted octanol–water partition coefficient (Wildman–Crippen LogP) is 2.98. The van der Waals surface area contributed by atoms with Crippen molar-refractivity contribution in [3.63, 3.8) is 0 Å². The minimum atomic E-state index is -0.227. The normalized spacial score (nSPS) is 11.6. The summed E-state index contributed by atoms with van der Waals surface area (Å²) in [6, 6.07) is 10.8. The molecule has 0 bridgehead atoms. The number of carbonyl (C=O) groups excluding carboxylic acids is 1. The van der Waals surface area contributed by atoms with Gasteiger partial charge in [-0.3, -0.25) is 4.79 Å². The average molecular weight is 300 g/mol. The highest BCUT2D eigenvalue weighted by molar-refractivity contribution is 5.96. The van der Waals surface area contributed by atoms with E-state index in [4.69, 9.17) is 9.47 Å². The molecule has 0 spiro atoms. The van der Waals surface area contributed by atoms with E-state index in [0.29, 0.717) is 18.1 Å². The molecular formula is C17H20N2O3. The highest BCUT2D eigenvalue weighted by atomic mass is 16.5. The fraction of sp³-hybridized carbons (Fsp3) is 0.294. The summed E-state index contributed by atoms with van der Waals surface area (Å²) in [4.78, 5) is 16.5. The number of carbonyl (C=O) groups is 1. The van der Waals surface area contributed by atoms with Crippen LogP contribution in [0.1, 0.15) is 35.8 Å². The van der Waals surface area contributed by atoms with Crippen molar-refractivity contribution >= 4 is 5.91 Å². The van der Waals surface area contributed by atoms with Gasteiger partial charge in [0.15, 0.2) is 0 Å². The topological polar surface area (TPSA) is 60.5 Å². The first-order valence-electron chi connectivity index (χ1n) is 7.19. The molecular weight excluding hydrogens is 280 g/mol. The van der Waals surface area contributed by atoms with E-state index in [9.17, 15) is 4.79 Å². The van der Waals surface area contributed by atoms with Crippen LogP contribution in [0.3, 0.4) is 0 Å². The maximum absolute atomic E-state index is 12.5. The predicted molar refractivity (Wildman–Crippen MR) is 84.3 cm³/mol. The van der Waals surface area contributed by atoms with Crippen LogP contribution >= 0.6 is 0 Å². The molecule has 5 nitrogen and oxygen atoms in total. The molecule has 0 fully saturated rings. The highest BCUT2D eigenvalue weighted by Gasteiger charge is 2.18. The Balaban J connectivity index is 2.18. The number of nitrogens with one attached hydrogen (secondary N) is 1. The van der Waals surface area contributed by atoms with Crippen molar-refractivity contribution in [2.24, 2.45) is 0 Å². The first kappa shape index (κ1) is 15.8. The maximum Gasteiger partial charge on any atom is 0.257 e. The lowest BCUT2D eigenvalue weighted by Crippen LogP contribution is -2.27. The Bertz CT molecular complexity index is 643. The first-order valence-corrected chi connectivity index (χ1v) is 7.19. The smallest absolute Gasteiger partial charge is 0.257 e. The lowest BCUT2D eigenvalue weighted by atomic mass is 10.1. The summed E-state index contributed by atoms with van der Waals surface area (Å²) in [6.07, 6.45) is 1.60. The van der Waals surface area contributed by atoms with Gasteiger partial charge in [-0.2, -0.15) is 0 Å². The van der Waals surface area contributed by atoms with E-state index in [1.807, 2.05) is 38.1 Å². The molecule has 22 heavy (non-hydrogen) atoms. The summed E-state index contributed by atoms with van der Waals surface area (Å²) in [5.74, 6) is 0.858. The average Bonchev–Trinajstić information content (AvgIpc) is 2.55. The Kier molecular flexibility index (Phi) is 5.36. The van der Waals surface area contributed by atoms with Crippen molar-refractivity contribution in [3.8, 4) is 11.6 Å². The van der Waals surface area contributed by atoms with Gasteiger partial charge < -0.3 is 14.8 Å². The molecule has 0 aliphatic heterocycles. The molecule has 2 rings (SSSR count). The SMILES string of the molecule is CCOc1ncccc1C(=O)N[C@@H](C)c1ccccc1OC. The van der Waals surface area contributed by atoms with Crippen LogP contribution in [0.25, 0.3) is 0 Å². The van der Waals surface area contributed by atoms with Crippen LogP contribution in [0.2, 0.25) is 0 Å². The van der Waals surface area contributed by atoms with Crippen molar-refractivity contribution < 1.29 is 14.3 Å². The standard InChI is InChI=1S/C17H20N2O3/c1-4-22-17-14(9-7-11-18-17)16(20)19-12(2)13-8-5-6-10-15(13)21-3/h5-12H,4H2,1-3H3,(H,19,20)/t12-/m0/s1. The Morgan fingerprint density at radius 3 is 2.77 bits per heavy atom. The number of amides is 1. The van der Waals surface area contributed by atoms with E-state index in [0.717, 1.165) is 11.3 Å². The van der Waals surface area contributed by atoms with Gasteiger partial charge in [-0.25, -0.2) is 4.98 Å². The number of hydrogen-bond acceptors (Lipinski definition) is 4. The molecule has 1 aromatic heterocycles. The second-order valence-corrected chi connectivity index (χ2v) is 4.73. The second-order valence-electron chi connectivity index (χ2n) is 4.73. The third-order valence-corrected chi connectivity index (χ3v) is 3.25. The van der Waals surface area contributed by atoms with Crippen LogP contribution in [0, 0.1) is 0 Å². The van der Waals surface area contributed by atoms with Crippen LogP contribution < -0.4 is 14.8 Å². The summed E-state index contributed by atoms with van der Waals surface area (Å²) >= 11 is 0. The monoisotopic (exact) mass is 300 g/mol. The number of hydrogen-bond donors (Lipinski definition) is 1. The number of methoxy groups -OCH3 is 1. The van der Waals surface area contributed by atoms with Crippen molar-refractivity contribution in [1.29, 1.82) is 0 Å². The molecule has 5 heteroatoms. The summed E-state index contributed by atoms with van der Waals surface area (Å²) in [7, 11) is 1.61. The van der Waals surface area contributed by atoms with Gasteiger partial charge in [-0.15, -0.1) is 0 Å². The highest BCUT2D eigenvalue weighted by Crippen LogP contribution is 2.25. The summed E-state index contributed by atoms with van der Waals surface area (Å²) < 4.78 is 10.7. The van der Waals surface area contributed by atoms with Gasteiger partial charge in [-0.05, 0) is 32.0 Å². The molecule has 0 unspecified atom stereocenters. The maximum atomic E-state index is 12.5. The molecule has 0 aliphatic carbocycles. The van der Waals surface area contributed by atoms with Gasteiger partial charge in [-0.1, -0.05) is 18.2 Å². The second kappa shape index (κ2) is 7.45. The van der Waals surface area contributed by atoms with Crippen LogP contribution in [-0.4, -0.2) is 24.6 Å². The number of ether oxygens (including phenoxy) is 2. The lowest BCUT2D eigenvalue weighted by Gasteiger charge is -2.18. The molecule has 0 saturated heterocycles. The minimum absolute atomic E-state index is 0.196. The summed E-state index contributed by atoms with van der Waals surface area (Å²) in [5.41, 5.74) is 1.34. The van der Waals surface area contributed by atoms with E-state index in [2.05, 4.69) is 10.3 Å². The third kappa shape index (κ3) is 3.55. The summed E-state index contributed by atoms with van der Waals surface area (Å²) in [5, 5.41) is 2.95. The van der Waals surface area contributed by atoms with E-state index < -0.39 is 0 Å². The number of benzene rings is 1. The molecule has 116 valence electrons. The Hall–Kier alpha value is -2.56. The number of aromatic nitrogens is 1. The first-order chi connectivity index (χ1) is 10.7. The lowest BCUT2D eigenvalue weighted by molar-refractivity contribution is 0.0935. The third-order valence-electron chi connectivity index (χ3n) is 3.25. The van der Waals surface area contributed by atoms with Crippen LogP contribution in [0.5, 0.6) is 11.6 Å². The molecule has 1 heterocycles. The molecule has 1 atom stereocenters. The Labute approximate surface area is 130 Å². The van der Waals surface area contributed by atoms with Gasteiger partial charge in [0.1, 0.15) is 11.3 Å². The van der Waals surface area contributed by atoms with Gasteiger partial charge in [0.05, 0.1) is 19.8 Å². The Morgan fingerprint density at radius 1 is 1.27 bits per heavy atom. The van der Waals surface area contributed by atoms with Crippen molar-refractivity contribution in [1.82, 2.24) is 10.3 Å². The molecule has 0 saturated carbocycles. The molecule has 0 aliphatic rings. The van der Waals surface area contributed by atoms with Crippen LogP contribution in [-0.2, 0) is 0 Å². The molecule has 0 radical (unpaired) electrons. The molecule has 1 N–H and O–H groups in total.